The van der Waals surface area contributed by atoms with Gasteiger partial charge < -0.3 is 14.2 Å². The highest BCUT2D eigenvalue weighted by Crippen LogP contribution is 2.38. The van der Waals surface area contributed by atoms with Crippen molar-refractivity contribution in [2.24, 2.45) is 0 Å². The number of benzene rings is 3. The van der Waals surface area contributed by atoms with E-state index in [4.69, 9.17) is 9.31 Å². The van der Waals surface area contributed by atoms with Crippen molar-refractivity contribution in [3.05, 3.63) is 83.4 Å². The van der Waals surface area contributed by atoms with Crippen LogP contribution in [0.5, 0.6) is 0 Å². The molecule has 0 saturated carbocycles. The molecule has 1 aliphatic heterocycles. The quantitative estimate of drug-likeness (QED) is 0.463. The molecule has 0 amide bonds. The van der Waals surface area contributed by atoms with Crippen molar-refractivity contribution in [3.63, 3.8) is 0 Å². The monoisotopic (exact) mass is 413 g/mol. The standard InChI is InChI=1S/C27H32BNO2/c1-19-8-13-22(14-9-19)29(23-15-10-20(2)11-16-23)24-17-12-21(3)25(18-24)28-30-26(4,5)27(6,7)31-28/h8-18H,1-7H3. The number of hydrogen-bond donors (Lipinski definition) is 0. The van der Waals surface area contributed by atoms with Crippen LogP contribution in [0.15, 0.2) is 66.7 Å². The van der Waals surface area contributed by atoms with Gasteiger partial charge in [0.1, 0.15) is 0 Å². The summed E-state index contributed by atoms with van der Waals surface area (Å²) in [6.45, 7) is 14.7. The van der Waals surface area contributed by atoms with Crippen LogP contribution in [0, 0.1) is 20.8 Å². The minimum atomic E-state index is -0.386. The maximum atomic E-state index is 6.37. The first-order chi connectivity index (χ1) is 14.6. The highest BCUT2D eigenvalue weighted by Gasteiger charge is 2.52. The fourth-order valence-electron chi connectivity index (χ4n) is 3.83. The summed E-state index contributed by atoms with van der Waals surface area (Å²) in [7, 11) is -0.386. The summed E-state index contributed by atoms with van der Waals surface area (Å²) >= 11 is 0. The largest absolute Gasteiger partial charge is 0.495 e. The second-order valence-electron chi connectivity index (χ2n) is 9.64. The number of aryl methyl sites for hydroxylation is 3. The molecule has 0 spiro atoms. The van der Waals surface area contributed by atoms with E-state index in [1.807, 2.05) is 0 Å². The molecule has 0 atom stereocenters. The average molecular weight is 413 g/mol. The zero-order valence-electron chi connectivity index (χ0n) is 19.7. The summed E-state index contributed by atoms with van der Waals surface area (Å²) in [5, 5.41) is 0. The van der Waals surface area contributed by atoms with Crippen molar-refractivity contribution >= 4 is 29.6 Å². The molecule has 0 aromatic heterocycles. The minimum Gasteiger partial charge on any atom is -0.399 e. The molecule has 0 radical (unpaired) electrons. The summed E-state index contributed by atoms with van der Waals surface area (Å²) in [6.07, 6.45) is 0. The first kappa shape index (κ1) is 21.7. The molecule has 3 nitrogen and oxygen atoms in total. The number of hydrogen-bond acceptors (Lipinski definition) is 3. The maximum Gasteiger partial charge on any atom is 0.495 e. The van der Waals surface area contributed by atoms with Crippen molar-refractivity contribution in [3.8, 4) is 0 Å². The Hall–Kier alpha value is -2.56. The van der Waals surface area contributed by atoms with Crippen LogP contribution in [0.1, 0.15) is 44.4 Å². The molecule has 3 aromatic rings. The lowest BCUT2D eigenvalue weighted by molar-refractivity contribution is 0.00578. The Morgan fingerprint density at radius 2 is 1.03 bits per heavy atom. The van der Waals surface area contributed by atoms with Gasteiger partial charge in [0.05, 0.1) is 11.2 Å². The van der Waals surface area contributed by atoms with Crippen molar-refractivity contribution < 1.29 is 9.31 Å². The molecule has 0 N–H and O–H groups in total. The Kier molecular flexibility index (Phi) is 5.49. The predicted octanol–water partition coefficient (Wildman–Crippen LogP) is 6.38. The van der Waals surface area contributed by atoms with E-state index in [1.54, 1.807) is 0 Å². The first-order valence-electron chi connectivity index (χ1n) is 11.0. The SMILES string of the molecule is Cc1ccc(N(c2ccc(C)cc2)c2ccc(C)c(B3OC(C)(C)C(C)(C)O3)c2)cc1. The second kappa shape index (κ2) is 7.85. The fraction of sp³-hybridized carbons (Fsp3) is 0.333. The van der Waals surface area contributed by atoms with Crippen LogP contribution < -0.4 is 10.4 Å². The average Bonchev–Trinajstić information content (AvgIpc) is 2.93. The van der Waals surface area contributed by atoms with Crippen molar-refractivity contribution in [1.29, 1.82) is 0 Å². The maximum absolute atomic E-state index is 6.37. The van der Waals surface area contributed by atoms with Crippen LogP contribution in [-0.2, 0) is 9.31 Å². The van der Waals surface area contributed by atoms with Crippen LogP contribution in [-0.4, -0.2) is 18.3 Å². The van der Waals surface area contributed by atoms with Crippen LogP contribution in [0.4, 0.5) is 17.1 Å². The Bertz CT molecular complexity index is 1010. The third-order valence-electron chi connectivity index (χ3n) is 6.61. The molecular weight excluding hydrogens is 381 g/mol. The van der Waals surface area contributed by atoms with Crippen LogP contribution in [0.3, 0.4) is 0 Å². The molecule has 4 rings (SSSR count). The van der Waals surface area contributed by atoms with Gasteiger partial charge in [0, 0.05) is 17.1 Å². The van der Waals surface area contributed by atoms with Gasteiger partial charge in [-0.2, -0.15) is 0 Å². The molecule has 1 fully saturated rings. The summed E-state index contributed by atoms with van der Waals surface area (Å²) in [6, 6.07) is 23.8. The van der Waals surface area contributed by atoms with Crippen molar-refractivity contribution in [1.82, 2.24) is 0 Å². The van der Waals surface area contributed by atoms with E-state index >= 15 is 0 Å². The van der Waals surface area contributed by atoms with Crippen molar-refractivity contribution in [2.75, 3.05) is 4.90 Å². The minimum absolute atomic E-state index is 0.367. The molecular formula is C27H32BNO2. The van der Waals surface area contributed by atoms with Crippen LogP contribution in [0.25, 0.3) is 0 Å². The van der Waals surface area contributed by atoms with E-state index in [0.717, 1.165) is 28.1 Å². The van der Waals surface area contributed by atoms with Gasteiger partial charge in [0.2, 0.25) is 0 Å². The van der Waals surface area contributed by atoms with Crippen LogP contribution >= 0.6 is 0 Å². The van der Waals surface area contributed by atoms with E-state index in [0.29, 0.717) is 0 Å². The van der Waals surface area contributed by atoms with Gasteiger partial charge in [-0.1, -0.05) is 47.0 Å². The summed E-state index contributed by atoms with van der Waals surface area (Å²) in [5.41, 5.74) is 7.32. The second-order valence-corrected chi connectivity index (χ2v) is 9.64. The summed E-state index contributed by atoms with van der Waals surface area (Å²) in [4.78, 5) is 2.28. The van der Waals surface area contributed by atoms with Gasteiger partial charge in [0.15, 0.2) is 0 Å². The Balaban J connectivity index is 1.80. The lowest BCUT2D eigenvalue weighted by atomic mass is 9.76. The lowest BCUT2D eigenvalue weighted by Gasteiger charge is -2.32. The van der Waals surface area contributed by atoms with Gasteiger partial charge in [0.25, 0.3) is 0 Å². The van der Waals surface area contributed by atoms with Gasteiger partial charge in [-0.3, -0.25) is 0 Å². The molecule has 1 heterocycles. The predicted molar refractivity (Wildman–Crippen MR) is 131 cm³/mol. The van der Waals surface area contributed by atoms with E-state index in [9.17, 15) is 0 Å². The molecule has 31 heavy (non-hydrogen) atoms. The highest BCUT2D eigenvalue weighted by molar-refractivity contribution is 6.62. The van der Waals surface area contributed by atoms with E-state index in [-0.39, 0.29) is 18.3 Å². The lowest BCUT2D eigenvalue weighted by Crippen LogP contribution is -2.41. The molecule has 160 valence electrons. The molecule has 0 bridgehead atoms. The van der Waals surface area contributed by atoms with Crippen LogP contribution in [0.2, 0.25) is 0 Å². The van der Waals surface area contributed by atoms with Gasteiger partial charge in [-0.05, 0) is 90.3 Å². The Labute approximate surface area is 187 Å². The van der Waals surface area contributed by atoms with E-state index in [1.165, 1.54) is 11.1 Å². The van der Waals surface area contributed by atoms with Gasteiger partial charge >= 0.3 is 7.12 Å². The Morgan fingerprint density at radius 3 is 1.48 bits per heavy atom. The third kappa shape index (κ3) is 4.15. The van der Waals surface area contributed by atoms with E-state index in [2.05, 4.69) is 120 Å². The number of anilines is 3. The molecule has 3 aromatic carbocycles. The molecule has 4 heteroatoms. The molecule has 0 aliphatic carbocycles. The molecule has 1 saturated heterocycles. The molecule has 0 unspecified atom stereocenters. The fourth-order valence-corrected chi connectivity index (χ4v) is 3.83. The van der Waals surface area contributed by atoms with Gasteiger partial charge in [-0.25, -0.2) is 0 Å². The summed E-state index contributed by atoms with van der Waals surface area (Å²) < 4.78 is 12.7. The zero-order valence-corrected chi connectivity index (χ0v) is 19.7. The topological polar surface area (TPSA) is 21.7 Å². The third-order valence-corrected chi connectivity index (χ3v) is 6.61. The number of nitrogens with zero attached hydrogens (tertiary/aromatic N) is 1. The highest BCUT2D eigenvalue weighted by atomic mass is 16.7. The summed E-state index contributed by atoms with van der Waals surface area (Å²) in [5.74, 6) is 0. The number of rotatable bonds is 4. The Morgan fingerprint density at radius 1 is 0.613 bits per heavy atom. The smallest absolute Gasteiger partial charge is 0.399 e. The van der Waals surface area contributed by atoms with Crippen molar-refractivity contribution in [2.45, 2.75) is 59.7 Å². The zero-order chi connectivity index (χ0) is 22.4. The van der Waals surface area contributed by atoms with Gasteiger partial charge in [-0.15, -0.1) is 0 Å². The first-order valence-corrected chi connectivity index (χ1v) is 11.0. The molecule has 1 aliphatic rings. The van der Waals surface area contributed by atoms with E-state index < -0.39 is 0 Å². The normalized spacial score (nSPS) is 17.1.